The van der Waals surface area contributed by atoms with Gasteiger partial charge in [-0.15, -0.1) is 0 Å². The van der Waals surface area contributed by atoms with Crippen LogP contribution < -0.4 is 5.32 Å². The Morgan fingerprint density at radius 2 is 2.06 bits per heavy atom. The molecule has 0 bridgehead atoms. The van der Waals surface area contributed by atoms with Gasteiger partial charge in [-0.2, -0.15) is 0 Å². The van der Waals surface area contributed by atoms with E-state index in [1.165, 1.54) is 16.5 Å². The number of fused-ring (bicyclic) bond motifs is 1. The summed E-state index contributed by atoms with van der Waals surface area (Å²) >= 11 is 0. The zero-order chi connectivity index (χ0) is 12.3. The molecule has 0 amide bonds. The third-order valence-electron chi connectivity index (χ3n) is 3.17. The van der Waals surface area contributed by atoms with Gasteiger partial charge in [-0.25, -0.2) is 0 Å². The van der Waals surface area contributed by atoms with Crippen molar-refractivity contribution in [2.75, 3.05) is 19.7 Å². The quantitative estimate of drug-likeness (QED) is 0.691. The average molecular weight is 232 g/mol. The number of hydrogen-bond donors (Lipinski definition) is 3. The second-order valence-electron chi connectivity index (χ2n) is 5.03. The molecule has 1 heterocycles. The Kier molecular flexibility index (Phi) is 3.50. The maximum atomic E-state index is 8.80. The number of aromatic nitrogens is 1. The summed E-state index contributed by atoms with van der Waals surface area (Å²) in [7, 11) is 0. The Morgan fingerprint density at radius 1 is 1.29 bits per heavy atom. The van der Waals surface area contributed by atoms with Gasteiger partial charge in [0.2, 0.25) is 0 Å². The molecule has 0 spiro atoms. The van der Waals surface area contributed by atoms with Crippen LogP contribution in [0.25, 0.3) is 10.9 Å². The highest BCUT2D eigenvalue weighted by Crippen LogP contribution is 2.29. The number of rotatable bonds is 5. The van der Waals surface area contributed by atoms with E-state index in [4.69, 9.17) is 5.11 Å². The van der Waals surface area contributed by atoms with Crippen LogP contribution in [0.2, 0.25) is 0 Å². The van der Waals surface area contributed by atoms with Crippen LogP contribution in [0.3, 0.4) is 0 Å². The molecule has 0 atom stereocenters. The van der Waals surface area contributed by atoms with Gasteiger partial charge in [-0.1, -0.05) is 32.0 Å². The SMILES string of the molecule is CC(C)(CNCCO)c1c[nH]c2ccccc12. The summed E-state index contributed by atoms with van der Waals surface area (Å²) in [4.78, 5) is 3.31. The van der Waals surface area contributed by atoms with E-state index in [0.717, 1.165) is 6.54 Å². The molecule has 0 radical (unpaired) electrons. The summed E-state index contributed by atoms with van der Waals surface area (Å²) in [5, 5.41) is 13.3. The number of H-pyrrole nitrogens is 1. The third kappa shape index (κ3) is 2.51. The van der Waals surface area contributed by atoms with Crippen LogP contribution in [-0.4, -0.2) is 29.8 Å². The van der Waals surface area contributed by atoms with Gasteiger partial charge in [0.25, 0.3) is 0 Å². The van der Waals surface area contributed by atoms with Crippen LogP contribution >= 0.6 is 0 Å². The van der Waals surface area contributed by atoms with Gasteiger partial charge in [0.15, 0.2) is 0 Å². The summed E-state index contributed by atoms with van der Waals surface area (Å²) in [6.45, 7) is 6.12. The summed E-state index contributed by atoms with van der Waals surface area (Å²) in [5.74, 6) is 0. The van der Waals surface area contributed by atoms with Crippen molar-refractivity contribution >= 4 is 10.9 Å². The molecule has 3 heteroatoms. The summed E-state index contributed by atoms with van der Waals surface area (Å²) in [5.41, 5.74) is 2.55. The van der Waals surface area contributed by atoms with Gasteiger partial charge in [0.1, 0.15) is 0 Å². The minimum absolute atomic E-state index is 0.0504. The van der Waals surface area contributed by atoms with Gasteiger partial charge in [-0.3, -0.25) is 0 Å². The Bertz CT molecular complexity index is 488. The molecule has 2 rings (SSSR count). The van der Waals surface area contributed by atoms with Crippen LogP contribution in [0.4, 0.5) is 0 Å². The van der Waals surface area contributed by atoms with E-state index in [9.17, 15) is 0 Å². The number of aliphatic hydroxyl groups excluding tert-OH is 1. The number of nitrogens with one attached hydrogen (secondary N) is 2. The van der Waals surface area contributed by atoms with Gasteiger partial charge < -0.3 is 15.4 Å². The van der Waals surface area contributed by atoms with Crippen molar-refractivity contribution in [3.8, 4) is 0 Å². The monoisotopic (exact) mass is 232 g/mol. The first-order valence-corrected chi connectivity index (χ1v) is 6.03. The van der Waals surface area contributed by atoms with Crippen molar-refractivity contribution in [2.45, 2.75) is 19.3 Å². The zero-order valence-corrected chi connectivity index (χ0v) is 10.5. The highest BCUT2D eigenvalue weighted by Gasteiger charge is 2.23. The van der Waals surface area contributed by atoms with Crippen molar-refractivity contribution < 1.29 is 5.11 Å². The first-order valence-electron chi connectivity index (χ1n) is 6.03. The summed E-state index contributed by atoms with van der Waals surface area (Å²) in [6, 6.07) is 8.35. The van der Waals surface area contributed by atoms with E-state index in [2.05, 4.69) is 48.5 Å². The first-order chi connectivity index (χ1) is 8.15. The molecule has 0 fully saturated rings. The maximum Gasteiger partial charge on any atom is 0.0555 e. The lowest BCUT2D eigenvalue weighted by molar-refractivity contribution is 0.287. The number of benzene rings is 1. The van der Waals surface area contributed by atoms with Crippen LogP contribution in [0.1, 0.15) is 19.4 Å². The first kappa shape index (κ1) is 12.1. The molecule has 92 valence electrons. The molecule has 3 nitrogen and oxygen atoms in total. The summed E-state index contributed by atoms with van der Waals surface area (Å²) in [6.07, 6.45) is 2.09. The van der Waals surface area contributed by atoms with E-state index in [0.29, 0.717) is 6.54 Å². The fourth-order valence-electron chi connectivity index (χ4n) is 2.21. The molecule has 17 heavy (non-hydrogen) atoms. The molecule has 0 saturated heterocycles. The highest BCUT2D eigenvalue weighted by atomic mass is 16.3. The minimum Gasteiger partial charge on any atom is -0.395 e. The van der Waals surface area contributed by atoms with Crippen molar-refractivity contribution in [3.05, 3.63) is 36.0 Å². The van der Waals surface area contributed by atoms with Crippen LogP contribution in [0.5, 0.6) is 0 Å². The Hall–Kier alpha value is -1.32. The normalized spacial score (nSPS) is 12.2. The number of aliphatic hydroxyl groups is 1. The fraction of sp³-hybridized carbons (Fsp3) is 0.429. The van der Waals surface area contributed by atoms with Crippen LogP contribution in [-0.2, 0) is 5.41 Å². The molecule has 0 unspecified atom stereocenters. The lowest BCUT2D eigenvalue weighted by Gasteiger charge is -2.24. The Morgan fingerprint density at radius 3 is 2.82 bits per heavy atom. The molecule has 1 aromatic carbocycles. The molecule has 1 aromatic heterocycles. The number of aromatic amines is 1. The van der Waals surface area contributed by atoms with Gasteiger partial charge in [0.05, 0.1) is 6.61 Å². The van der Waals surface area contributed by atoms with Crippen LogP contribution in [0, 0.1) is 0 Å². The second-order valence-corrected chi connectivity index (χ2v) is 5.03. The Labute approximate surface area is 102 Å². The molecule has 0 saturated carbocycles. The van der Waals surface area contributed by atoms with Crippen molar-refractivity contribution in [3.63, 3.8) is 0 Å². The standard InChI is InChI=1S/C14H20N2O/c1-14(2,10-15-7-8-17)12-9-16-13-6-4-3-5-11(12)13/h3-6,9,15-17H,7-8,10H2,1-2H3. The maximum absolute atomic E-state index is 8.80. The molecule has 0 aliphatic heterocycles. The fourth-order valence-corrected chi connectivity index (χ4v) is 2.21. The summed E-state index contributed by atoms with van der Waals surface area (Å²) < 4.78 is 0. The lowest BCUT2D eigenvalue weighted by Crippen LogP contribution is -2.34. The predicted molar refractivity (Wildman–Crippen MR) is 71.3 cm³/mol. The predicted octanol–water partition coefficient (Wildman–Crippen LogP) is 2.03. The van der Waals surface area contributed by atoms with Crippen molar-refractivity contribution in [2.24, 2.45) is 0 Å². The largest absolute Gasteiger partial charge is 0.395 e. The molecular formula is C14H20N2O. The minimum atomic E-state index is 0.0504. The van der Waals surface area contributed by atoms with E-state index in [1.54, 1.807) is 0 Å². The van der Waals surface area contributed by atoms with Crippen molar-refractivity contribution in [1.82, 2.24) is 10.3 Å². The lowest BCUT2D eigenvalue weighted by atomic mass is 9.84. The number of hydrogen-bond acceptors (Lipinski definition) is 2. The van der Waals surface area contributed by atoms with E-state index in [1.807, 2.05) is 6.07 Å². The Balaban J connectivity index is 2.25. The average Bonchev–Trinajstić information content (AvgIpc) is 2.73. The third-order valence-corrected chi connectivity index (χ3v) is 3.17. The van der Waals surface area contributed by atoms with Crippen LogP contribution in [0.15, 0.2) is 30.5 Å². The van der Waals surface area contributed by atoms with Crippen molar-refractivity contribution in [1.29, 1.82) is 0 Å². The van der Waals surface area contributed by atoms with E-state index in [-0.39, 0.29) is 12.0 Å². The highest BCUT2D eigenvalue weighted by molar-refractivity contribution is 5.84. The second kappa shape index (κ2) is 4.90. The zero-order valence-electron chi connectivity index (χ0n) is 10.5. The molecule has 0 aliphatic rings. The smallest absolute Gasteiger partial charge is 0.0555 e. The topological polar surface area (TPSA) is 48.0 Å². The van der Waals surface area contributed by atoms with Gasteiger partial charge in [-0.05, 0) is 11.6 Å². The molecule has 2 aromatic rings. The van der Waals surface area contributed by atoms with Gasteiger partial charge >= 0.3 is 0 Å². The van der Waals surface area contributed by atoms with E-state index >= 15 is 0 Å². The molecule has 0 aliphatic carbocycles. The van der Waals surface area contributed by atoms with Gasteiger partial charge in [0, 0.05) is 35.6 Å². The molecular weight excluding hydrogens is 212 g/mol. The number of para-hydroxylation sites is 1. The van der Waals surface area contributed by atoms with E-state index < -0.39 is 0 Å². The molecule has 3 N–H and O–H groups in total.